The van der Waals surface area contributed by atoms with E-state index in [1.54, 1.807) is 11.8 Å². The molecule has 5 heteroatoms. The fourth-order valence-corrected chi connectivity index (χ4v) is 3.25. The summed E-state index contributed by atoms with van der Waals surface area (Å²) in [6.07, 6.45) is 6.70. The van der Waals surface area contributed by atoms with Gasteiger partial charge in [0.15, 0.2) is 0 Å². The summed E-state index contributed by atoms with van der Waals surface area (Å²) in [6.45, 7) is 0.923. The molecule has 2 atom stereocenters. The average Bonchev–Trinajstić information content (AvgIpc) is 3.06. The Kier molecular flexibility index (Phi) is 4.62. The molecular weight excluding hydrogens is 282 g/mol. The van der Waals surface area contributed by atoms with E-state index in [1.165, 1.54) is 0 Å². The van der Waals surface area contributed by atoms with E-state index >= 15 is 0 Å². The first kappa shape index (κ1) is 14.2. The monoisotopic (exact) mass is 301 g/mol. The van der Waals surface area contributed by atoms with Crippen LogP contribution >= 0.6 is 11.8 Å². The van der Waals surface area contributed by atoms with Gasteiger partial charge in [0.25, 0.3) is 0 Å². The third-order valence-corrected chi connectivity index (χ3v) is 4.52. The number of nitrogens with zero attached hydrogens (tertiary/aromatic N) is 1. The van der Waals surface area contributed by atoms with E-state index in [-0.39, 0.29) is 11.5 Å². The van der Waals surface area contributed by atoms with Crippen molar-refractivity contribution in [3.05, 3.63) is 48.3 Å². The maximum absolute atomic E-state index is 6.31. The average molecular weight is 301 g/mol. The quantitative estimate of drug-likeness (QED) is 0.859. The first-order chi connectivity index (χ1) is 10.4. The van der Waals surface area contributed by atoms with Gasteiger partial charge < -0.3 is 15.4 Å². The molecule has 1 aliphatic rings. The number of benzene rings is 1. The van der Waals surface area contributed by atoms with Crippen molar-refractivity contribution in [1.82, 2.24) is 15.6 Å². The lowest BCUT2D eigenvalue weighted by Gasteiger charge is -2.25. The number of hydrogen-bond acceptors (Lipinski definition) is 5. The molecule has 0 radical (unpaired) electrons. The molecule has 4 nitrogen and oxygen atoms in total. The van der Waals surface area contributed by atoms with E-state index in [1.807, 2.05) is 43.8 Å². The summed E-state index contributed by atoms with van der Waals surface area (Å²) in [5.74, 6) is 0.899. The minimum atomic E-state index is 0.100. The van der Waals surface area contributed by atoms with Crippen LogP contribution in [0, 0.1) is 0 Å². The molecule has 1 aromatic heterocycles. The van der Waals surface area contributed by atoms with Crippen LogP contribution in [-0.4, -0.2) is 30.1 Å². The van der Waals surface area contributed by atoms with Crippen LogP contribution in [0.4, 0.5) is 0 Å². The molecule has 2 unspecified atom stereocenters. The molecule has 3 rings (SSSR count). The molecule has 0 aliphatic carbocycles. The van der Waals surface area contributed by atoms with E-state index < -0.39 is 0 Å². The van der Waals surface area contributed by atoms with E-state index in [0.717, 1.165) is 29.5 Å². The highest BCUT2D eigenvalue weighted by Crippen LogP contribution is 2.29. The molecule has 0 saturated carbocycles. The van der Waals surface area contributed by atoms with Crippen molar-refractivity contribution in [1.29, 1.82) is 0 Å². The standard InChI is InChI=1S/C16H19N3OS/c1-17-7-6-15(16-19-9-10-21-16)20-14-4-2-3-12-5-8-18-11-13(12)14/h2-5,8-11,15-17,19H,6-7H2,1H3. The predicted molar refractivity (Wildman–Crippen MR) is 88.4 cm³/mol. The summed E-state index contributed by atoms with van der Waals surface area (Å²) in [4.78, 5) is 4.21. The van der Waals surface area contributed by atoms with Crippen molar-refractivity contribution in [2.75, 3.05) is 13.6 Å². The molecule has 2 N–H and O–H groups in total. The van der Waals surface area contributed by atoms with Crippen LogP contribution in [0.15, 0.2) is 48.3 Å². The SMILES string of the molecule is CNCCC(Oc1cccc2ccncc12)C1NC=CS1. The van der Waals surface area contributed by atoms with Crippen LogP contribution in [0.1, 0.15) is 6.42 Å². The van der Waals surface area contributed by atoms with Gasteiger partial charge in [-0.2, -0.15) is 0 Å². The molecular formula is C16H19N3OS. The maximum atomic E-state index is 6.31. The lowest BCUT2D eigenvalue weighted by Crippen LogP contribution is -2.38. The summed E-state index contributed by atoms with van der Waals surface area (Å²) < 4.78 is 6.31. The van der Waals surface area contributed by atoms with Crippen molar-refractivity contribution in [3.8, 4) is 5.75 Å². The highest BCUT2D eigenvalue weighted by atomic mass is 32.2. The Hall–Kier alpha value is -1.72. The molecule has 1 aromatic carbocycles. The Labute approximate surface area is 129 Å². The molecule has 110 valence electrons. The third-order valence-electron chi connectivity index (χ3n) is 3.49. The van der Waals surface area contributed by atoms with Crippen molar-refractivity contribution in [2.45, 2.75) is 17.9 Å². The zero-order valence-electron chi connectivity index (χ0n) is 12.0. The number of fused-ring (bicyclic) bond motifs is 1. The van der Waals surface area contributed by atoms with E-state index in [9.17, 15) is 0 Å². The minimum absolute atomic E-state index is 0.100. The van der Waals surface area contributed by atoms with Crippen LogP contribution < -0.4 is 15.4 Å². The number of hydrogen-bond donors (Lipinski definition) is 2. The van der Waals surface area contributed by atoms with Gasteiger partial charge in [-0.3, -0.25) is 4.98 Å². The zero-order chi connectivity index (χ0) is 14.5. The van der Waals surface area contributed by atoms with Crippen molar-refractivity contribution in [2.24, 2.45) is 0 Å². The normalized spacial score (nSPS) is 18.6. The summed E-state index contributed by atoms with van der Waals surface area (Å²) >= 11 is 1.77. The number of thioether (sulfide) groups is 1. The van der Waals surface area contributed by atoms with Gasteiger partial charge in [0, 0.05) is 24.0 Å². The van der Waals surface area contributed by atoms with Gasteiger partial charge in [-0.1, -0.05) is 12.1 Å². The fraction of sp³-hybridized carbons (Fsp3) is 0.312. The number of rotatable bonds is 6. The number of pyridine rings is 1. The molecule has 0 fully saturated rings. The van der Waals surface area contributed by atoms with Gasteiger partial charge >= 0.3 is 0 Å². The van der Waals surface area contributed by atoms with Gasteiger partial charge in [-0.05, 0) is 42.9 Å². The van der Waals surface area contributed by atoms with Gasteiger partial charge in [0.1, 0.15) is 17.2 Å². The van der Waals surface area contributed by atoms with Crippen LogP contribution in [0.5, 0.6) is 5.75 Å². The number of ether oxygens (including phenoxy) is 1. The van der Waals surface area contributed by atoms with Crippen molar-refractivity contribution in [3.63, 3.8) is 0 Å². The molecule has 0 bridgehead atoms. The minimum Gasteiger partial charge on any atom is -0.487 e. The van der Waals surface area contributed by atoms with Crippen LogP contribution in [0.3, 0.4) is 0 Å². The fourth-order valence-electron chi connectivity index (χ4n) is 2.40. The molecule has 21 heavy (non-hydrogen) atoms. The van der Waals surface area contributed by atoms with Crippen LogP contribution in [-0.2, 0) is 0 Å². The Balaban J connectivity index is 1.83. The smallest absolute Gasteiger partial charge is 0.130 e. The van der Waals surface area contributed by atoms with Gasteiger partial charge in [0.2, 0.25) is 0 Å². The topological polar surface area (TPSA) is 46.2 Å². The predicted octanol–water partition coefficient (Wildman–Crippen LogP) is 2.73. The number of nitrogens with one attached hydrogen (secondary N) is 2. The molecule has 1 aliphatic heterocycles. The molecule has 2 heterocycles. The molecule has 0 spiro atoms. The first-order valence-electron chi connectivity index (χ1n) is 7.09. The van der Waals surface area contributed by atoms with Crippen molar-refractivity contribution >= 4 is 22.5 Å². The lowest BCUT2D eigenvalue weighted by molar-refractivity contribution is 0.184. The lowest BCUT2D eigenvalue weighted by atomic mass is 10.1. The Morgan fingerprint density at radius 1 is 1.43 bits per heavy atom. The molecule has 0 saturated heterocycles. The second kappa shape index (κ2) is 6.83. The van der Waals surface area contributed by atoms with Gasteiger partial charge in [0.05, 0.1) is 0 Å². The largest absolute Gasteiger partial charge is 0.487 e. The van der Waals surface area contributed by atoms with Crippen molar-refractivity contribution < 1.29 is 4.74 Å². The highest BCUT2D eigenvalue weighted by molar-refractivity contribution is 8.02. The summed E-state index contributed by atoms with van der Waals surface area (Å²) in [5, 5.41) is 11.1. The highest BCUT2D eigenvalue weighted by Gasteiger charge is 2.24. The third kappa shape index (κ3) is 3.31. The number of aromatic nitrogens is 1. The van der Waals surface area contributed by atoms with Gasteiger partial charge in [-0.15, -0.1) is 11.8 Å². The molecule has 0 amide bonds. The Bertz CT molecular complexity index is 618. The summed E-state index contributed by atoms with van der Waals surface area (Å²) in [5.41, 5.74) is 0. The maximum Gasteiger partial charge on any atom is 0.130 e. The first-order valence-corrected chi connectivity index (χ1v) is 8.03. The Morgan fingerprint density at radius 3 is 3.19 bits per heavy atom. The van der Waals surface area contributed by atoms with Gasteiger partial charge in [-0.25, -0.2) is 0 Å². The summed E-state index contributed by atoms with van der Waals surface area (Å²) in [7, 11) is 1.96. The second-order valence-corrected chi connectivity index (χ2v) is 5.98. The van der Waals surface area contributed by atoms with E-state index in [4.69, 9.17) is 4.74 Å². The second-order valence-electron chi connectivity index (χ2n) is 4.93. The Morgan fingerprint density at radius 2 is 2.38 bits per heavy atom. The molecule has 2 aromatic rings. The van der Waals surface area contributed by atoms with Crippen LogP contribution in [0.2, 0.25) is 0 Å². The summed E-state index contributed by atoms with van der Waals surface area (Å²) in [6, 6.07) is 8.13. The van der Waals surface area contributed by atoms with E-state index in [2.05, 4.69) is 27.1 Å². The van der Waals surface area contributed by atoms with Crippen LogP contribution in [0.25, 0.3) is 10.8 Å². The van der Waals surface area contributed by atoms with E-state index in [0.29, 0.717) is 0 Å². The zero-order valence-corrected chi connectivity index (χ0v) is 12.8.